The zero-order valence-electron chi connectivity index (χ0n) is 14.3. The van der Waals surface area contributed by atoms with Crippen LogP contribution < -0.4 is 20.1 Å². The molecule has 0 bridgehead atoms. The Morgan fingerprint density at radius 3 is 2.71 bits per heavy atom. The fraction of sp³-hybridized carbons (Fsp3) is 0.118. The molecule has 1 aliphatic rings. The maximum absolute atomic E-state index is 12.0. The SMILES string of the molecule is O=C(Cn1nnc(-c2ccc(Cl)cc2)n1)NC(=O)Nc1ccc2c(c1)OCO2. The van der Waals surface area contributed by atoms with Crippen LogP contribution in [-0.4, -0.2) is 38.9 Å². The summed E-state index contributed by atoms with van der Waals surface area (Å²) in [7, 11) is 0. The zero-order valence-corrected chi connectivity index (χ0v) is 15.0. The van der Waals surface area contributed by atoms with E-state index in [1.165, 1.54) is 0 Å². The molecule has 1 aliphatic heterocycles. The number of aromatic nitrogens is 4. The van der Waals surface area contributed by atoms with Crippen LogP contribution in [0.1, 0.15) is 0 Å². The number of carbonyl (C=O) groups is 2. The number of anilines is 1. The van der Waals surface area contributed by atoms with Gasteiger partial charge in [0.1, 0.15) is 6.54 Å². The van der Waals surface area contributed by atoms with Crippen LogP contribution in [0.4, 0.5) is 10.5 Å². The largest absolute Gasteiger partial charge is 0.454 e. The van der Waals surface area contributed by atoms with E-state index in [4.69, 9.17) is 21.1 Å². The smallest absolute Gasteiger partial charge is 0.325 e. The van der Waals surface area contributed by atoms with E-state index < -0.39 is 11.9 Å². The van der Waals surface area contributed by atoms with E-state index in [0.29, 0.717) is 33.6 Å². The number of hydrogen-bond acceptors (Lipinski definition) is 7. The van der Waals surface area contributed by atoms with Crippen LogP contribution in [0.5, 0.6) is 11.5 Å². The second-order valence-corrected chi connectivity index (χ2v) is 6.16. The van der Waals surface area contributed by atoms with Crippen molar-refractivity contribution in [1.82, 2.24) is 25.5 Å². The van der Waals surface area contributed by atoms with Crippen molar-refractivity contribution in [3.05, 3.63) is 47.5 Å². The molecule has 0 aliphatic carbocycles. The zero-order chi connectivity index (χ0) is 19.5. The Balaban J connectivity index is 1.33. The molecular weight excluding hydrogens is 388 g/mol. The number of ether oxygens (including phenoxy) is 2. The van der Waals surface area contributed by atoms with Gasteiger partial charge in [0.15, 0.2) is 11.5 Å². The van der Waals surface area contributed by atoms with Gasteiger partial charge >= 0.3 is 6.03 Å². The van der Waals surface area contributed by atoms with E-state index in [2.05, 4.69) is 26.0 Å². The Bertz CT molecular complexity index is 1040. The second-order valence-electron chi connectivity index (χ2n) is 5.72. The molecule has 2 heterocycles. The molecule has 0 fully saturated rings. The van der Waals surface area contributed by atoms with E-state index in [9.17, 15) is 9.59 Å². The first-order valence-corrected chi connectivity index (χ1v) is 8.49. The summed E-state index contributed by atoms with van der Waals surface area (Å²) in [5, 5.41) is 17.1. The number of carbonyl (C=O) groups excluding carboxylic acids is 2. The molecule has 0 saturated heterocycles. The average Bonchev–Trinajstić information content (AvgIpc) is 3.31. The number of tetrazole rings is 1. The van der Waals surface area contributed by atoms with Gasteiger partial charge in [0.25, 0.3) is 5.91 Å². The Hall–Kier alpha value is -3.66. The minimum atomic E-state index is -0.693. The monoisotopic (exact) mass is 400 g/mol. The summed E-state index contributed by atoms with van der Waals surface area (Å²) in [4.78, 5) is 25.1. The van der Waals surface area contributed by atoms with Crippen molar-refractivity contribution in [2.45, 2.75) is 6.54 Å². The topological polar surface area (TPSA) is 120 Å². The summed E-state index contributed by atoms with van der Waals surface area (Å²) in [5.41, 5.74) is 1.16. The number of urea groups is 1. The summed E-state index contributed by atoms with van der Waals surface area (Å²) < 4.78 is 10.4. The molecule has 0 unspecified atom stereocenters. The molecule has 0 saturated carbocycles. The minimum Gasteiger partial charge on any atom is -0.454 e. The van der Waals surface area contributed by atoms with Gasteiger partial charge in [-0.25, -0.2) is 4.79 Å². The van der Waals surface area contributed by atoms with Gasteiger partial charge in [-0.3, -0.25) is 10.1 Å². The molecule has 3 aromatic rings. The van der Waals surface area contributed by atoms with Gasteiger partial charge in [-0.05, 0) is 41.6 Å². The molecule has 3 amide bonds. The second kappa shape index (κ2) is 7.53. The Kier molecular flexibility index (Phi) is 4.77. The molecule has 0 radical (unpaired) electrons. The van der Waals surface area contributed by atoms with Crippen LogP contribution in [0.15, 0.2) is 42.5 Å². The van der Waals surface area contributed by atoms with Crippen molar-refractivity contribution in [1.29, 1.82) is 0 Å². The minimum absolute atomic E-state index is 0.131. The van der Waals surface area contributed by atoms with Crippen LogP contribution in [0, 0.1) is 0 Å². The third-order valence-electron chi connectivity index (χ3n) is 3.72. The molecule has 142 valence electrons. The average molecular weight is 401 g/mol. The fourth-order valence-electron chi connectivity index (χ4n) is 2.46. The third kappa shape index (κ3) is 4.01. The quantitative estimate of drug-likeness (QED) is 0.687. The molecular formula is C17H13ClN6O4. The third-order valence-corrected chi connectivity index (χ3v) is 3.98. The number of imide groups is 1. The molecule has 0 spiro atoms. The van der Waals surface area contributed by atoms with Gasteiger partial charge in [-0.1, -0.05) is 11.6 Å². The lowest BCUT2D eigenvalue weighted by Gasteiger charge is -2.07. The molecule has 11 heteroatoms. The molecule has 2 N–H and O–H groups in total. The number of halogens is 1. The molecule has 0 atom stereocenters. The lowest BCUT2D eigenvalue weighted by Crippen LogP contribution is -2.37. The van der Waals surface area contributed by atoms with Crippen molar-refractivity contribution in [3.8, 4) is 22.9 Å². The number of nitrogens with zero attached hydrogens (tertiary/aromatic N) is 4. The molecule has 10 nitrogen and oxygen atoms in total. The Morgan fingerprint density at radius 1 is 1.11 bits per heavy atom. The highest BCUT2D eigenvalue weighted by Crippen LogP contribution is 2.34. The van der Waals surface area contributed by atoms with Crippen molar-refractivity contribution in [3.63, 3.8) is 0 Å². The summed E-state index contributed by atoms with van der Waals surface area (Å²) in [5.74, 6) is 0.856. The van der Waals surface area contributed by atoms with Gasteiger partial charge in [0.2, 0.25) is 12.6 Å². The number of nitrogens with one attached hydrogen (secondary N) is 2. The predicted molar refractivity (Wildman–Crippen MR) is 98.0 cm³/mol. The molecule has 28 heavy (non-hydrogen) atoms. The maximum Gasteiger partial charge on any atom is 0.325 e. The van der Waals surface area contributed by atoms with E-state index in [1.807, 2.05) is 0 Å². The van der Waals surface area contributed by atoms with Gasteiger partial charge in [0.05, 0.1) is 0 Å². The summed E-state index contributed by atoms with van der Waals surface area (Å²) in [6.45, 7) is -0.137. The number of rotatable bonds is 4. The van der Waals surface area contributed by atoms with E-state index >= 15 is 0 Å². The number of benzene rings is 2. The van der Waals surface area contributed by atoms with Crippen LogP contribution in [0.25, 0.3) is 11.4 Å². The highest BCUT2D eigenvalue weighted by atomic mass is 35.5. The highest BCUT2D eigenvalue weighted by molar-refractivity contribution is 6.30. The molecule has 2 aromatic carbocycles. The number of fused-ring (bicyclic) bond motifs is 1. The van der Waals surface area contributed by atoms with Crippen LogP contribution in [0.3, 0.4) is 0 Å². The first kappa shape index (κ1) is 17.7. The van der Waals surface area contributed by atoms with Crippen molar-refractivity contribution >= 4 is 29.2 Å². The highest BCUT2D eigenvalue weighted by Gasteiger charge is 2.16. The Labute approximate surface area is 163 Å². The van der Waals surface area contributed by atoms with Gasteiger partial charge < -0.3 is 14.8 Å². The van der Waals surface area contributed by atoms with E-state index in [-0.39, 0.29) is 13.3 Å². The predicted octanol–water partition coefficient (Wildman–Crippen LogP) is 2.07. The van der Waals surface area contributed by atoms with Crippen molar-refractivity contribution in [2.75, 3.05) is 12.1 Å². The summed E-state index contributed by atoms with van der Waals surface area (Å²) in [6, 6.07) is 11.1. The van der Waals surface area contributed by atoms with Gasteiger partial charge in [-0.2, -0.15) is 4.80 Å². The normalized spacial score (nSPS) is 11.9. The molecule has 1 aromatic heterocycles. The molecule has 4 rings (SSSR count). The first-order chi connectivity index (χ1) is 13.6. The van der Waals surface area contributed by atoms with Crippen molar-refractivity contribution in [2.24, 2.45) is 0 Å². The lowest BCUT2D eigenvalue weighted by molar-refractivity contribution is -0.120. The summed E-state index contributed by atoms with van der Waals surface area (Å²) in [6.07, 6.45) is 0. The van der Waals surface area contributed by atoms with Crippen molar-refractivity contribution < 1.29 is 19.1 Å². The number of hydrogen-bond donors (Lipinski definition) is 2. The van der Waals surface area contributed by atoms with Gasteiger partial charge in [0, 0.05) is 22.3 Å². The summed E-state index contributed by atoms with van der Waals surface area (Å²) >= 11 is 5.84. The lowest BCUT2D eigenvalue weighted by atomic mass is 10.2. The number of amides is 3. The van der Waals surface area contributed by atoms with Crippen LogP contribution in [0.2, 0.25) is 5.02 Å². The van der Waals surface area contributed by atoms with Crippen LogP contribution >= 0.6 is 11.6 Å². The first-order valence-electron chi connectivity index (χ1n) is 8.11. The standard InChI is InChI=1S/C17H13ClN6O4/c18-11-3-1-10(2-4-11)16-21-23-24(22-16)8-15(25)20-17(26)19-12-5-6-13-14(7-12)28-9-27-13/h1-7H,8-9H2,(H2,19,20,25,26). The van der Waals surface area contributed by atoms with Crippen LogP contribution in [-0.2, 0) is 11.3 Å². The van der Waals surface area contributed by atoms with E-state index in [0.717, 1.165) is 4.80 Å². The van der Waals surface area contributed by atoms with E-state index in [1.54, 1.807) is 42.5 Å². The Morgan fingerprint density at radius 2 is 1.89 bits per heavy atom. The maximum atomic E-state index is 12.0. The fourth-order valence-corrected chi connectivity index (χ4v) is 2.58. The van der Waals surface area contributed by atoms with Gasteiger partial charge in [-0.15, -0.1) is 10.2 Å².